The van der Waals surface area contributed by atoms with E-state index in [2.05, 4.69) is 15.5 Å². The van der Waals surface area contributed by atoms with Crippen LogP contribution >= 0.6 is 11.3 Å². The molecule has 2 aromatic carbocycles. The second kappa shape index (κ2) is 11.8. The number of nitrogens with zero attached hydrogens (tertiary/aromatic N) is 3. The topological polar surface area (TPSA) is 93.7 Å². The number of hydrogen-bond donors (Lipinski definition) is 1. The van der Waals surface area contributed by atoms with Gasteiger partial charge in [0.05, 0.1) is 19.3 Å². The van der Waals surface area contributed by atoms with Crippen LogP contribution in [0.15, 0.2) is 48.5 Å². The standard InChI is InChI=1S/C23H23F3N4O4S/c1-33-14-13-30(21(32)16-3-7-17(8-4-16)23(24,25)26)12-11-19(31)27-22-29-28-20(35-22)15-5-9-18(34-2)10-6-15/h3-10H,11-14H2,1-2H3,(H,27,29,31). The molecule has 1 heterocycles. The molecule has 8 nitrogen and oxygen atoms in total. The van der Waals surface area contributed by atoms with Crippen molar-refractivity contribution in [1.82, 2.24) is 15.1 Å². The van der Waals surface area contributed by atoms with E-state index >= 15 is 0 Å². The number of rotatable bonds is 10. The summed E-state index contributed by atoms with van der Waals surface area (Å²) in [6.07, 6.45) is -4.54. The van der Waals surface area contributed by atoms with Gasteiger partial charge in [-0.3, -0.25) is 9.59 Å². The van der Waals surface area contributed by atoms with E-state index in [0.29, 0.717) is 15.9 Å². The lowest BCUT2D eigenvalue weighted by atomic mass is 10.1. The van der Waals surface area contributed by atoms with Gasteiger partial charge >= 0.3 is 6.18 Å². The zero-order chi connectivity index (χ0) is 25.4. The molecule has 0 saturated carbocycles. The molecule has 0 spiro atoms. The maximum Gasteiger partial charge on any atom is 0.416 e. The van der Waals surface area contributed by atoms with Crippen molar-refractivity contribution in [3.63, 3.8) is 0 Å². The van der Waals surface area contributed by atoms with Crippen LogP contribution < -0.4 is 10.1 Å². The van der Waals surface area contributed by atoms with Crippen molar-refractivity contribution in [1.29, 1.82) is 0 Å². The number of halogens is 3. The molecule has 1 aromatic heterocycles. The molecule has 2 amide bonds. The number of amides is 2. The Kier molecular flexibility index (Phi) is 8.77. The van der Waals surface area contributed by atoms with Gasteiger partial charge < -0.3 is 19.7 Å². The Morgan fingerprint density at radius 1 is 1.00 bits per heavy atom. The number of carbonyl (C=O) groups is 2. The van der Waals surface area contributed by atoms with E-state index < -0.39 is 17.6 Å². The first-order chi connectivity index (χ1) is 16.7. The fourth-order valence-electron chi connectivity index (χ4n) is 3.04. The van der Waals surface area contributed by atoms with Gasteiger partial charge in [0, 0.05) is 37.7 Å². The second-order valence-corrected chi connectivity index (χ2v) is 8.28. The predicted octanol–water partition coefficient (Wildman–Crippen LogP) is 4.35. The van der Waals surface area contributed by atoms with Crippen LogP contribution in [-0.2, 0) is 15.7 Å². The van der Waals surface area contributed by atoms with Crippen molar-refractivity contribution in [3.05, 3.63) is 59.7 Å². The van der Waals surface area contributed by atoms with E-state index in [1.807, 2.05) is 12.1 Å². The number of hydrogen-bond acceptors (Lipinski definition) is 7. The Morgan fingerprint density at radius 3 is 2.29 bits per heavy atom. The van der Waals surface area contributed by atoms with E-state index in [0.717, 1.165) is 29.8 Å². The van der Waals surface area contributed by atoms with Gasteiger partial charge in [-0.15, -0.1) is 10.2 Å². The van der Waals surface area contributed by atoms with E-state index in [1.165, 1.54) is 23.3 Å². The molecule has 0 bridgehead atoms. The number of ether oxygens (including phenoxy) is 2. The van der Waals surface area contributed by atoms with Gasteiger partial charge in [0.25, 0.3) is 5.91 Å². The van der Waals surface area contributed by atoms with Crippen molar-refractivity contribution >= 4 is 28.3 Å². The van der Waals surface area contributed by atoms with Crippen molar-refractivity contribution in [2.75, 3.05) is 39.2 Å². The van der Waals surface area contributed by atoms with Gasteiger partial charge in [0.2, 0.25) is 11.0 Å². The zero-order valence-electron chi connectivity index (χ0n) is 19.0. The molecule has 35 heavy (non-hydrogen) atoms. The Labute approximate surface area is 203 Å². The highest BCUT2D eigenvalue weighted by atomic mass is 32.1. The molecule has 186 valence electrons. The van der Waals surface area contributed by atoms with E-state index in [1.54, 1.807) is 19.2 Å². The molecule has 0 aliphatic heterocycles. The number of alkyl halides is 3. The van der Waals surface area contributed by atoms with Crippen molar-refractivity contribution in [2.24, 2.45) is 0 Å². The van der Waals surface area contributed by atoms with Crippen LogP contribution in [0.1, 0.15) is 22.3 Å². The minimum Gasteiger partial charge on any atom is -0.497 e. The third kappa shape index (κ3) is 7.23. The van der Waals surface area contributed by atoms with Crippen LogP contribution in [0.4, 0.5) is 18.3 Å². The molecule has 3 aromatic rings. The predicted molar refractivity (Wildman–Crippen MR) is 124 cm³/mol. The Balaban J connectivity index is 1.60. The summed E-state index contributed by atoms with van der Waals surface area (Å²) in [5.41, 5.74) is 0.0578. The van der Waals surface area contributed by atoms with Crippen LogP contribution in [0.5, 0.6) is 5.75 Å². The van der Waals surface area contributed by atoms with Crippen molar-refractivity contribution in [3.8, 4) is 16.3 Å². The Hall–Kier alpha value is -3.51. The van der Waals surface area contributed by atoms with Gasteiger partial charge in [0.15, 0.2) is 0 Å². The summed E-state index contributed by atoms with van der Waals surface area (Å²) >= 11 is 1.19. The average molecular weight is 509 g/mol. The number of anilines is 1. The minimum atomic E-state index is -4.49. The first-order valence-corrected chi connectivity index (χ1v) is 11.3. The van der Waals surface area contributed by atoms with Crippen LogP contribution in [0.25, 0.3) is 10.6 Å². The highest BCUT2D eigenvalue weighted by Crippen LogP contribution is 2.29. The van der Waals surface area contributed by atoms with Crippen LogP contribution in [0.3, 0.4) is 0 Å². The average Bonchev–Trinajstić information content (AvgIpc) is 3.31. The molecule has 0 unspecified atom stereocenters. The Bertz CT molecular complexity index is 1130. The molecule has 12 heteroatoms. The smallest absolute Gasteiger partial charge is 0.416 e. The molecule has 0 atom stereocenters. The van der Waals surface area contributed by atoms with E-state index in [4.69, 9.17) is 9.47 Å². The van der Waals surface area contributed by atoms with Crippen LogP contribution in [0.2, 0.25) is 0 Å². The highest BCUT2D eigenvalue weighted by molar-refractivity contribution is 7.18. The summed E-state index contributed by atoms with van der Waals surface area (Å²) in [4.78, 5) is 26.6. The first-order valence-electron chi connectivity index (χ1n) is 10.4. The van der Waals surface area contributed by atoms with Crippen LogP contribution in [-0.4, -0.2) is 60.8 Å². The fraction of sp³-hybridized carbons (Fsp3) is 0.304. The molecule has 0 radical (unpaired) electrons. The van der Waals surface area contributed by atoms with Crippen molar-refractivity contribution < 1.29 is 32.2 Å². The minimum absolute atomic E-state index is 0.0409. The molecule has 0 aliphatic rings. The lowest BCUT2D eigenvalue weighted by molar-refractivity contribution is -0.137. The quantitative estimate of drug-likeness (QED) is 0.438. The monoisotopic (exact) mass is 508 g/mol. The Morgan fingerprint density at radius 2 is 1.69 bits per heavy atom. The summed E-state index contributed by atoms with van der Waals surface area (Å²) < 4.78 is 48.5. The summed E-state index contributed by atoms with van der Waals surface area (Å²) in [7, 11) is 3.03. The number of carbonyl (C=O) groups excluding carboxylic acids is 2. The normalized spacial score (nSPS) is 11.2. The van der Waals surface area contributed by atoms with Gasteiger partial charge in [-0.25, -0.2) is 0 Å². The van der Waals surface area contributed by atoms with E-state index in [9.17, 15) is 22.8 Å². The first kappa shape index (κ1) is 26.1. The number of methoxy groups -OCH3 is 2. The second-order valence-electron chi connectivity index (χ2n) is 7.30. The number of aromatic nitrogens is 2. The van der Waals surface area contributed by atoms with Gasteiger partial charge in [0.1, 0.15) is 10.8 Å². The highest BCUT2D eigenvalue weighted by Gasteiger charge is 2.30. The molecular weight excluding hydrogens is 485 g/mol. The molecule has 0 fully saturated rings. The zero-order valence-corrected chi connectivity index (χ0v) is 19.8. The van der Waals surface area contributed by atoms with Gasteiger partial charge in [-0.2, -0.15) is 13.2 Å². The summed E-state index contributed by atoms with van der Waals surface area (Å²) in [5, 5.41) is 11.6. The maximum absolute atomic E-state index is 12.8. The lowest BCUT2D eigenvalue weighted by Crippen LogP contribution is -2.36. The third-order valence-electron chi connectivity index (χ3n) is 4.93. The SMILES string of the molecule is COCCN(CCC(=O)Nc1nnc(-c2ccc(OC)cc2)s1)C(=O)c1ccc(C(F)(F)F)cc1. The summed E-state index contributed by atoms with van der Waals surface area (Å²) in [5.74, 6) is -0.179. The van der Waals surface area contributed by atoms with Crippen molar-refractivity contribution in [2.45, 2.75) is 12.6 Å². The molecule has 0 aliphatic carbocycles. The molecule has 1 N–H and O–H groups in total. The molecule has 0 saturated heterocycles. The number of nitrogens with one attached hydrogen (secondary N) is 1. The summed E-state index contributed by atoms with van der Waals surface area (Å²) in [6, 6.07) is 11.2. The van der Waals surface area contributed by atoms with E-state index in [-0.39, 0.29) is 37.6 Å². The third-order valence-corrected chi connectivity index (χ3v) is 5.82. The molecule has 3 rings (SSSR count). The van der Waals surface area contributed by atoms with Crippen LogP contribution in [0, 0.1) is 0 Å². The van der Waals surface area contributed by atoms with Gasteiger partial charge in [-0.05, 0) is 48.5 Å². The lowest BCUT2D eigenvalue weighted by Gasteiger charge is -2.22. The maximum atomic E-state index is 12.8. The number of benzene rings is 2. The van der Waals surface area contributed by atoms with Gasteiger partial charge in [-0.1, -0.05) is 11.3 Å². The summed E-state index contributed by atoms with van der Waals surface area (Å²) in [6.45, 7) is 0.416. The molecular formula is C23H23F3N4O4S. The fourth-order valence-corrected chi connectivity index (χ4v) is 3.81. The largest absolute Gasteiger partial charge is 0.497 e.